The van der Waals surface area contributed by atoms with Crippen molar-refractivity contribution in [1.82, 2.24) is 5.32 Å². The third-order valence-electron chi connectivity index (χ3n) is 2.72. The second-order valence-corrected chi connectivity index (χ2v) is 4.62. The van der Waals surface area contributed by atoms with Crippen LogP contribution in [-0.4, -0.2) is 7.05 Å². The van der Waals surface area contributed by atoms with Crippen molar-refractivity contribution in [3.8, 4) is 0 Å². The minimum Gasteiger partial charge on any atom is -0.309 e. The first kappa shape index (κ1) is 12.3. The molecule has 0 saturated heterocycles. The molecule has 0 spiro atoms. The molecular weight excluding hydrogens is 281 g/mol. The quantitative estimate of drug-likeness (QED) is 0.905. The van der Waals surface area contributed by atoms with Gasteiger partial charge >= 0.3 is 0 Å². The maximum absolute atomic E-state index is 13.8. The van der Waals surface area contributed by atoms with Crippen LogP contribution >= 0.6 is 15.9 Å². The van der Waals surface area contributed by atoms with Gasteiger partial charge in [-0.05, 0) is 24.7 Å². The number of hydrogen-bond donors (Lipinski definition) is 1. The minimum absolute atomic E-state index is 0.147. The summed E-state index contributed by atoms with van der Waals surface area (Å²) in [7, 11) is 1.83. The second kappa shape index (κ2) is 5.43. The van der Waals surface area contributed by atoms with E-state index < -0.39 is 0 Å². The highest BCUT2D eigenvalue weighted by atomic mass is 79.9. The molecule has 17 heavy (non-hydrogen) atoms. The minimum atomic E-state index is -0.192. The average molecular weight is 294 g/mol. The number of rotatable bonds is 3. The molecule has 0 saturated carbocycles. The lowest BCUT2D eigenvalue weighted by molar-refractivity contribution is 0.575. The van der Waals surface area contributed by atoms with Crippen molar-refractivity contribution in [1.29, 1.82) is 0 Å². The fourth-order valence-corrected chi connectivity index (χ4v) is 2.41. The van der Waals surface area contributed by atoms with Gasteiger partial charge < -0.3 is 5.32 Å². The third kappa shape index (κ3) is 2.56. The van der Waals surface area contributed by atoms with E-state index in [-0.39, 0.29) is 11.9 Å². The van der Waals surface area contributed by atoms with E-state index in [1.165, 1.54) is 6.07 Å². The van der Waals surface area contributed by atoms with Gasteiger partial charge in [0, 0.05) is 10.0 Å². The molecule has 2 aromatic rings. The normalized spacial score (nSPS) is 12.4. The zero-order chi connectivity index (χ0) is 12.3. The fourth-order valence-electron chi connectivity index (χ4n) is 1.90. The maximum atomic E-state index is 13.8. The van der Waals surface area contributed by atoms with Crippen molar-refractivity contribution in [3.05, 3.63) is 69.9 Å². The maximum Gasteiger partial charge on any atom is 0.128 e. The molecule has 0 fully saturated rings. The number of halogens is 2. The molecular formula is C14H13BrFN. The summed E-state index contributed by atoms with van der Waals surface area (Å²) in [4.78, 5) is 0. The molecule has 0 aliphatic rings. The average Bonchev–Trinajstić information content (AvgIpc) is 2.34. The van der Waals surface area contributed by atoms with E-state index in [1.807, 2.05) is 37.4 Å². The van der Waals surface area contributed by atoms with Crippen LogP contribution in [0.2, 0.25) is 0 Å². The Kier molecular flexibility index (Phi) is 3.92. The monoisotopic (exact) mass is 293 g/mol. The molecule has 3 heteroatoms. The molecule has 88 valence electrons. The molecule has 1 nitrogen and oxygen atoms in total. The highest BCUT2D eigenvalue weighted by molar-refractivity contribution is 9.10. The van der Waals surface area contributed by atoms with Crippen LogP contribution in [0.1, 0.15) is 17.2 Å². The van der Waals surface area contributed by atoms with Gasteiger partial charge in [-0.15, -0.1) is 0 Å². The van der Waals surface area contributed by atoms with E-state index >= 15 is 0 Å². The molecule has 0 aromatic heterocycles. The van der Waals surface area contributed by atoms with Crippen molar-refractivity contribution >= 4 is 15.9 Å². The summed E-state index contributed by atoms with van der Waals surface area (Å²) in [6.07, 6.45) is 0. The molecule has 0 bridgehead atoms. The van der Waals surface area contributed by atoms with Crippen LogP contribution in [0.4, 0.5) is 4.39 Å². The van der Waals surface area contributed by atoms with Crippen LogP contribution in [0.3, 0.4) is 0 Å². The third-order valence-corrected chi connectivity index (χ3v) is 3.44. The van der Waals surface area contributed by atoms with Crippen LogP contribution < -0.4 is 5.32 Å². The van der Waals surface area contributed by atoms with Crippen molar-refractivity contribution in [2.75, 3.05) is 7.05 Å². The van der Waals surface area contributed by atoms with Gasteiger partial charge in [0.1, 0.15) is 5.82 Å². The Bertz CT molecular complexity index is 468. The summed E-state index contributed by atoms with van der Waals surface area (Å²) in [6, 6.07) is 14.5. The molecule has 1 unspecified atom stereocenters. The van der Waals surface area contributed by atoms with Gasteiger partial charge in [0.2, 0.25) is 0 Å². The Morgan fingerprint density at radius 1 is 1.00 bits per heavy atom. The van der Waals surface area contributed by atoms with Gasteiger partial charge in [-0.3, -0.25) is 0 Å². The molecule has 2 aromatic carbocycles. The summed E-state index contributed by atoms with van der Waals surface area (Å²) in [5.41, 5.74) is 1.68. The largest absolute Gasteiger partial charge is 0.309 e. The molecule has 1 N–H and O–H groups in total. The molecule has 2 rings (SSSR count). The highest BCUT2D eigenvalue weighted by Gasteiger charge is 2.17. The van der Waals surface area contributed by atoms with Gasteiger partial charge in [-0.25, -0.2) is 4.39 Å². The number of hydrogen-bond acceptors (Lipinski definition) is 1. The van der Waals surface area contributed by atoms with E-state index in [2.05, 4.69) is 21.2 Å². The summed E-state index contributed by atoms with van der Waals surface area (Å²) < 4.78 is 14.8. The topological polar surface area (TPSA) is 12.0 Å². The predicted octanol–water partition coefficient (Wildman–Crippen LogP) is 3.90. The van der Waals surface area contributed by atoms with E-state index in [1.54, 1.807) is 12.1 Å². The van der Waals surface area contributed by atoms with Gasteiger partial charge in [-0.1, -0.05) is 52.3 Å². The van der Waals surface area contributed by atoms with Crippen molar-refractivity contribution in [2.24, 2.45) is 0 Å². The molecule has 0 heterocycles. The van der Waals surface area contributed by atoms with Crippen LogP contribution in [0, 0.1) is 5.82 Å². The Hall–Kier alpha value is -1.19. The zero-order valence-electron chi connectivity index (χ0n) is 9.45. The van der Waals surface area contributed by atoms with Gasteiger partial charge in [-0.2, -0.15) is 0 Å². The van der Waals surface area contributed by atoms with E-state index in [9.17, 15) is 4.39 Å². The molecule has 0 amide bonds. The van der Waals surface area contributed by atoms with Gasteiger partial charge in [0.25, 0.3) is 0 Å². The first-order valence-corrected chi connectivity index (χ1v) is 6.19. The Morgan fingerprint density at radius 3 is 2.18 bits per heavy atom. The van der Waals surface area contributed by atoms with Crippen LogP contribution in [0.15, 0.2) is 53.0 Å². The smallest absolute Gasteiger partial charge is 0.128 e. The lowest BCUT2D eigenvalue weighted by Crippen LogP contribution is -2.19. The lowest BCUT2D eigenvalue weighted by atomic mass is 9.98. The first-order valence-electron chi connectivity index (χ1n) is 5.40. The Labute approximate surface area is 109 Å². The van der Waals surface area contributed by atoms with Crippen LogP contribution in [0.25, 0.3) is 0 Å². The van der Waals surface area contributed by atoms with Crippen LogP contribution in [0.5, 0.6) is 0 Å². The van der Waals surface area contributed by atoms with Crippen molar-refractivity contribution < 1.29 is 4.39 Å². The standard InChI is InChI=1S/C14H13BrFN/c1-17-14(10-6-2-4-8-12(10)15)11-7-3-5-9-13(11)16/h2-9,14,17H,1H3. The second-order valence-electron chi connectivity index (χ2n) is 3.76. The van der Waals surface area contributed by atoms with E-state index in [0.717, 1.165) is 10.0 Å². The molecule has 0 aliphatic carbocycles. The predicted molar refractivity (Wildman–Crippen MR) is 71.4 cm³/mol. The summed E-state index contributed by atoms with van der Waals surface area (Å²) >= 11 is 3.50. The lowest BCUT2D eigenvalue weighted by Gasteiger charge is -2.19. The SMILES string of the molecule is CNC(c1ccccc1F)c1ccccc1Br. The van der Waals surface area contributed by atoms with Gasteiger partial charge in [0.05, 0.1) is 6.04 Å². The number of nitrogens with one attached hydrogen (secondary N) is 1. The first-order chi connectivity index (χ1) is 8.24. The number of benzene rings is 2. The molecule has 0 aliphatic heterocycles. The Morgan fingerprint density at radius 2 is 1.59 bits per heavy atom. The Balaban J connectivity index is 2.48. The zero-order valence-corrected chi connectivity index (χ0v) is 11.0. The summed E-state index contributed by atoms with van der Waals surface area (Å²) in [6.45, 7) is 0. The van der Waals surface area contributed by atoms with Crippen molar-refractivity contribution in [2.45, 2.75) is 6.04 Å². The van der Waals surface area contributed by atoms with E-state index in [0.29, 0.717) is 5.56 Å². The summed E-state index contributed by atoms with van der Waals surface area (Å²) in [5.74, 6) is -0.192. The van der Waals surface area contributed by atoms with E-state index in [4.69, 9.17) is 0 Å². The molecule has 0 radical (unpaired) electrons. The fraction of sp³-hybridized carbons (Fsp3) is 0.143. The summed E-state index contributed by atoms with van der Waals surface area (Å²) in [5, 5.41) is 3.15. The van der Waals surface area contributed by atoms with Crippen LogP contribution in [-0.2, 0) is 0 Å². The van der Waals surface area contributed by atoms with Gasteiger partial charge in [0.15, 0.2) is 0 Å². The molecule has 1 atom stereocenters. The highest BCUT2D eigenvalue weighted by Crippen LogP contribution is 2.29. The van der Waals surface area contributed by atoms with Crippen molar-refractivity contribution in [3.63, 3.8) is 0 Å².